The van der Waals surface area contributed by atoms with Crippen LogP contribution in [0.5, 0.6) is 0 Å². The maximum Gasteiger partial charge on any atom is 0.101 e. The summed E-state index contributed by atoms with van der Waals surface area (Å²) in [5, 5.41) is 9.06. The molecule has 1 atom stereocenters. The number of benzene rings is 1. The summed E-state index contributed by atoms with van der Waals surface area (Å²) in [5.74, 6) is 0. The molecule has 1 unspecified atom stereocenters. The van der Waals surface area contributed by atoms with E-state index in [1.807, 2.05) is 18.2 Å². The zero-order valence-corrected chi connectivity index (χ0v) is 9.11. The highest BCUT2D eigenvalue weighted by Gasteiger charge is 2.24. The van der Waals surface area contributed by atoms with Gasteiger partial charge in [-0.15, -0.1) is 0 Å². The molecule has 0 radical (unpaired) electrons. The van der Waals surface area contributed by atoms with Crippen molar-refractivity contribution in [2.75, 3.05) is 11.4 Å². The minimum atomic E-state index is 0.625. The molecule has 1 saturated heterocycles. The van der Waals surface area contributed by atoms with Crippen LogP contribution in [-0.4, -0.2) is 12.6 Å². The van der Waals surface area contributed by atoms with Crippen LogP contribution >= 0.6 is 0 Å². The van der Waals surface area contributed by atoms with Crippen LogP contribution in [0.4, 0.5) is 5.69 Å². The summed E-state index contributed by atoms with van der Waals surface area (Å²) in [6.45, 7) is 3.31. The molecule has 1 aliphatic rings. The predicted molar refractivity (Wildman–Crippen MR) is 61.8 cm³/mol. The molecule has 0 saturated carbocycles. The van der Waals surface area contributed by atoms with Crippen LogP contribution in [0, 0.1) is 11.3 Å². The molecule has 0 spiro atoms. The van der Waals surface area contributed by atoms with Crippen LogP contribution in [-0.2, 0) is 0 Å². The van der Waals surface area contributed by atoms with Crippen molar-refractivity contribution >= 4 is 5.69 Å². The Hall–Kier alpha value is -1.49. The van der Waals surface area contributed by atoms with Gasteiger partial charge in [0.25, 0.3) is 0 Å². The van der Waals surface area contributed by atoms with E-state index in [9.17, 15) is 0 Å². The van der Waals surface area contributed by atoms with Crippen LogP contribution < -0.4 is 4.90 Å². The standard InChI is InChI=1S/C13H16N2/c1-2-12-7-5-9-15(12)13-8-4-3-6-11(13)10-14/h3-4,6,8,12H,2,5,7,9H2,1H3. The quantitative estimate of drug-likeness (QED) is 0.734. The summed E-state index contributed by atoms with van der Waals surface area (Å²) < 4.78 is 0. The summed E-state index contributed by atoms with van der Waals surface area (Å²) in [6.07, 6.45) is 3.67. The maximum atomic E-state index is 9.06. The summed E-state index contributed by atoms with van der Waals surface area (Å²) in [6, 6.07) is 10.8. The number of hydrogen-bond donors (Lipinski definition) is 0. The lowest BCUT2D eigenvalue weighted by molar-refractivity contribution is 0.645. The van der Waals surface area contributed by atoms with Gasteiger partial charge in [0.15, 0.2) is 0 Å². The second kappa shape index (κ2) is 4.35. The van der Waals surface area contributed by atoms with Crippen LogP contribution in [0.2, 0.25) is 0 Å². The molecular formula is C13H16N2. The molecule has 0 aliphatic carbocycles. The normalized spacial score (nSPS) is 20.3. The molecule has 2 heteroatoms. The first-order chi connectivity index (χ1) is 7.36. The lowest BCUT2D eigenvalue weighted by Crippen LogP contribution is -2.28. The van der Waals surface area contributed by atoms with Crippen LogP contribution in [0.3, 0.4) is 0 Å². The van der Waals surface area contributed by atoms with Gasteiger partial charge < -0.3 is 4.90 Å². The minimum Gasteiger partial charge on any atom is -0.367 e. The number of anilines is 1. The van der Waals surface area contributed by atoms with Crippen LogP contribution in [0.15, 0.2) is 24.3 Å². The number of para-hydroxylation sites is 1. The van der Waals surface area contributed by atoms with E-state index < -0.39 is 0 Å². The molecule has 2 rings (SSSR count). The minimum absolute atomic E-state index is 0.625. The van der Waals surface area contributed by atoms with Crippen molar-refractivity contribution in [2.45, 2.75) is 32.2 Å². The average molecular weight is 200 g/mol. The number of nitrogens with zero attached hydrogens (tertiary/aromatic N) is 2. The summed E-state index contributed by atoms with van der Waals surface area (Å²) >= 11 is 0. The van der Waals surface area contributed by atoms with E-state index in [-0.39, 0.29) is 0 Å². The van der Waals surface area contributed by atoms with Gasteiger partial charge in [0.2, 0.25) is 0 Å². The van der Waals surface area contributed by atoms with E-state index in [0.29, 0.717) is 6.04 Å². The highest BCUT2D eigenvalue weighted by atomic mass is 15.2. The van der Waals surface area contributed by atoms with Gasteiger partial charge in [-0.3, -0.25) is 0 Å². The first-order valence-electron chi connectivity index (χ1n) is 5.62. The number of rotatable bonds is 2. The molecule has 1 aliphatic heterocycles. The van der Waals surface area contributed by atoms with Crippen LogP contribution in [0.25, 0.3) is 0 Å². The van der Waals surface area contributed by atoms with Crippen molar-refractivity contribution < 1.29 is 0 Å². The Bertz CT molecular complexity index is 378. The molecule has 0 aromatic heterocycles. The molecule has 78 valence electrons. The third kappa shape index (κ3) is 1.83. The van der Waals surface area contributed by atoms with Gasteiger partial charge in [-0.25, -0.2) is 0 Å². The maximum absolute atomic E-state index is 9.06. The van der Waals surface area contributed by atoms with E-state index >= 15 is 0 Å². The SMILES string of the molecule is CCC1CCCN1c1ccccc1C#N. The second-order valence-corrected chi connectivity index (χ2v) is 4.03. The first-order valence-corrected chi connectivity index (χ1v) is 5.62. The molecule has 15 heavy (non-hydrogen) atoms. The molecule has 0 amide bonds. The largest absolute Gasteiger partial charge is 0.367 e. The topological polar surface area (TPSA) is 27.0 Å². The highest BCUT2D eigenvalue weighted by molar-refractivity contribution is 5.60. The molecular weight excluding hydrogens is 184 g/mol. The monoisotopic (exact) mass is 200 g/mol. The number of hydrogen-bond acceptors (Lipinski definition) is 2. The Labute approximate surface area is 91.1 Å². The molecule has 0 N–H and O–H groups in total. The van der Waals surface area contributed by atoms with Gasteiger partial charge in [-0.05, 0) is 31.4 Å². The molecule has 1 aromatic rings. The fraction of sp³-hybridized carbons (Fsp3) is 0.462. The van der Waals surface area contributed by atoms with Gasteiger partial charge in [-0.1, -0.05) is 19.1 Å². The first kappa shape index (κ1) is 10.0. The Morgan fingerprint density at radius 1 is 1.47 bits per heavy atom. The van der Waals surface area contributed by atoms with E-state index in [0.717, 1.165) is 17.8 Å². The van der Waals surface area contributed by atoms with Gasteiger partial charge in [0.05, 0.1) is 11.3 Å². The summed E-state index contributed by atoms with van der Waals surface area (Å²) in [4.78, 5) is 2.39. The average Bonchev–Trinajstić information content (AvgIpc) is 2.76. The van der Waals surface area contributed by atoms with E-state index in [1.165, 1.54) is 19.3 Å². The third-order valence-electron chi connectivity index (χ3n) is 3.18. The fourth-order valence-electron chi connectivity index (χ4n) is 2.40. The zero-order chi connectivity index (χ0) is 10.7. The second-order valence-electron chi connectivity index (χ2n) is 4.03. The third-order valence-corrected chi connectivity index (χ3v) is 3.18. The van der Waals surface area contributed by atoms with E-state index in [1.54, 1.807) is 0 Å². The smallest absolute Gasteiger partial charge is 0.101 e. The van der Waals surface area contributed by atoms with Gasteiger partial charge >= 0.3 is 0 Å². The predicted octanol–water partition coefficient (Wildman–Crippen LogP) is 2.94. The van der Waals surface area contributed by atoms with Crippen molar-refractivity contribution in [1.82, 2.24) is 0 Å². The molecule has 1 heterocycles. The van der Waals surface area contributed by atoms with Crippen molar-refractivity contribution in [1.29, 1.82) is 5.26 Å². The Balaban J connectivity index is 2.33. The molecule has 1 aromatic carbocycles. The van der Waals surface area contributed by atoms with Crippen LogP contribution in [0.1, 0.15) is 31.7 Å². The Morgan fingerprint density at radius 3 is 3.00 bits per heavy atom. The van der Waals surface area contributed by atoms with Gasteiger partial charge in [0, 0.05) is 12.6 Å². The fourth-order valence-corrected chi connectivity index (χ4v) is 2.40. The Kier molecular flexibility index (Phi) is 2.91. The summed E-state index contributed by atoms with van der Waals surface area (Å²) in [5.41, 5.74) is 1.92. The number of nitriles is 1. The lowest BCUT2D eigenvalue weighted by Gasteiger charge is -2.26. The van der Waals surface area contributed by atoms with E-state index in [2.05, 4.69) is 24.0 Å². The lowest BCUT2D eigenvalue weighted by atomic mass is 10.1. The van der Waals surface area contributed by atoms with Crippen molar-refractivity contribution in [2.24, 2.45) is 0 Å². The summed E-state index contributed by atoms with van der Waals surface area (Å²) in [7, 11) is 0. The molecule has 0 bridgehead atoms. The van der Waals surface area contributed by atoms with Gasteiger partial charge in [0.1, 0.15) is 6.07 Å². The molecule has 1 fully saturated rings. The molecule has 2 nitrogen and oxygen atoms in total. The van der Waals surface area contributed by atoms with Gasteiger partial charge in [-0.2, -0.15) is 5.26 Å². The zero-order valence-electron chi connectivity index (χ0n) is 9.11. The highest BCUT2D eigenvalue weighted by Crippen LogP contribution is 2.29. The van der Waals surface area contributed by atoms with Crippen molar-refractivity contribution in [3.05, 3.63) is 29.8 Å². The van der Waals surface area contributed by atoms with E-state index in [4.69, 9.17) is 5.26 Å². The van der Waals surface area contributed by atoms with Crippen molar-refractivity contribution in [3.63, 3.8) is 0 Å². The van der Waals surface area contributed by atoms with Crippen molar-refractivity contribution in [3.8, 4) is 6.07 Å². The Morgan fingerprint density at radius 2 is 2.27 bits per heavy atom.